The van der Waals surface area contributed by atoms with Crippen LogP contribution in [0.3, 0.4) is 0 Å². The van der Waals surface area contributed by atoms with Gasteiger partial charge in [0.15, 0.2) is 0 Å². The molecule has 0 aromatic heterocycles. The zero-order valence-electron chi connectivity index (χ0n) is 10.8. The van der Waals surface area contributed by atoms with Crippen molar-refractivity contribution in [1.82, 2.24) is 10.2 Å². The molecule has 0 aliphatic heterocycles. The van der Waals surface area contributed by atoms with E-state index in [1.54, 1.807) is 0 Å². The lowest BCUT2D eigenvalue weighted by Crippen LogP contribution is -2.29. The van der Waals surface area contributed by atoms with Crippen LogP contribution in [0.5, 0.6) is 0 Å². The minimum Gasteiger partial charge on any atom is -0.317 e. The van der Waals surface area contributed by atoms with Gasteiger partial charge in [-0.1, -0.05) is 13.8 Å². The van der Waals surface area contributed by atoms with Gasteiger partial charge in [-0.3, -0.25) is 0 Å². The van der Waals surface area contributed by atoms with Crippen molar-refractivity contribution in [3.8, 4) is 0 Å². The molecule has 90 valence electrons. The highest BCUT2D eigenvalue weighted by atomic mass is 15.1. The second kappa shape index (κ2) is 7.24. The third kappa shape index (κ3) is 5.53. The van der Waals surface area contributed by atoms with Crippen molar-refractivity contribution in [3.05, 3.63) is 0 Å². The van der Waals surface area contributed by atoms with E-state index in [2.05, 4.69) is 31.1 Å². The fraction of sp³-hybridized carbons (Fsp3) is 1.00. The minimum atomic E-state index is 0.727. The summed E-state index contributed by atoms with van der Waals surface area (Å²) in [6.07, 6.45) is 6.88. The maximum atomic E-state index is 3.38. The summed E-state index contributed by atoms with van der Waals surface area (Å²) in [5.74, 6) is 1.04. The van der Waals surface area contributed by atoms with Gasteiger partial charge in [-0.25, -0.2) is 0 Å². The lowest BCUT2D eigenvalue weighted by molar-refractivity contribution is 0.265. The number of hydrogen-bond donors (Lipinski definition) is 1. The summed E-state index contributed by atoms with van der Waals surface area (Å²) in [6.45, 7) is 8.44. The largest absolute Gasteiger partial charge is 0.317 e. The van der Waals surface area contributed by atoms with E-state index in [1.807, 2.05) is 0 Å². The Morgan fingerprint density at radius 3 is 2.53 bits per heavy atom. The molecule has 15 heavy (non-hydrogen) atoms. The van der Waals surface area contributed by atoms with E-state index in [4.69, 9.17) is 0 Å². The molecule has 1 rings (SSSR count). The second-order valence-corrected chi connectivity index (χ2v) is 4.87. The quantitative estimate of drug-likeness (QED) is 0.632. The first kappa shape index (κ1) is 13.0. The van der Waals surface area contributed by atoms with Crippen LogP contribution in [-0.4, -0.2) is 37.6 Å². The van der Waals surface area contributed by atoms with E-state index in [-0.39, 0.29) is 0 Å². The highest BCUT2D eigenvalue weighted by Gasteiger charge is 2.23. The highest BCUT2D eigenvalue weighted by Crippen LogP contribution is 2.29. The van der Waals surface area contributed by atoms with Gasteiger partial charge in [0.1, 0.15) is 0 Å². The second-order valence-electron chi connectivity index (χ2n) is 4.87. The van der Waals surface area contributed by atoms with Gasteiger partial charge in [-0.05, 0) is 58.2 Å². The number of hydrogen-bond acceptors (Lipinski definition) is 2. The van der Waals surface area contributed by atoms with Crippen molar-refractivity contribution in [3.63, 3.8) is 0 Å². The fourth-order valence-corrected chi connectivity index (χ4v) is 2.16. The molecule has 1 unspecified atom stereocenters. The molecule has 0 spiro atoms. The molecule has 0 aromatic carbocycles. The van der Waals surface area contributed by atoms with Crippen molar-refractivity contribution in [2.75, 3.05) is 26.7 Å². The van der Waals surface area contributed by atoms with E-state index in [0.29, 0.717) is 0 Å². The van der Waals surface area contributed by atoms with Crippen LogP contribution >= 0.6 is 0 Å². The molecule has 1 aliphatic rings. The summed E-state index contributed by atoms with van der Waals surface area (Å²) in [7, 11) is 2.08. The maximum absolute atomic E-state index is 3.38. The van der Waals surface area contributed by atoms with Crippen molar-refractivity contribution in [1.29, 1.82) is 0 Å². The van der Waals surface area contributed by atoms with Gasteiger partial charge in [0.05, 0.1) is 0 Å². The van der Waals surface area contributed by atoms with Crippen molar-refractivity contribution >= 4 is 0 Å². The zero-order valence-corrected chi connectivity index (χ0v) is 10.8. The van der Waals surface area contributed by atoms with Crippen molar-refractivity contribution in [2.45, 2.75) is 52.0 Å². The number of rotatable bonds is 9. The molecule has 2 nitrogen and oxygen atoms in total. The molecule has 0 saturated heterocycles. The first-order chi connectivity index (χ1) is 7.30. The number of nitrogens with zero attached hydrogens (tertiary/aromatic N) is 1. The van der Waals surface area contributed by atoms with Gasteiger partial charge >= 0.3 is 0 Å². The molecule has 0 bridgehead atoms. The molecule has 1 fully saturated rings. The Kier molecular flexibility index (Phi) is 6.26. The molecule has 0 heterocycles. The van der Waals surface area contributed by atoms with Crippen LogP contribution < -0.4 is 5.32 Å². The molecule has 1 saturated carbocycles. The summed E-state index contributed by atoms with van der Waals surface area (Å²) in [6, 6.07) is 0.727. The van der Waals surface area contributed by atoms with Crippen LogP contribution in [0.25, 0.3) is 0 Å². The SMILES string of the molecule is CCC(CCCN(CC)CC1CC1)NC. The highest BCUT2D eigenvalue weighted by molar-refractivity contribution is 4.77. The van der Waals surface area contributed by atoms with Crippen LogP contribution in [-0.2, 0) is 0 Å². The third-order valence-electron chi connectivity index (χ3n) is 3.59. The van der Waals surface area contributed by atoms with Gasteiger partial charge in [0.2, 0.25) is 0 Å². The Hall–Kier alpha value is -0.0800. The average Bonchev–Trinajstić information content (AvgIpc) is 3.06. The van der Waals surface area contributed by atoms with Gasteiger partial charge in [0.25, 0.3) is 0 Å². The van der Waals surface area contributed by atoms with Crippen molar-refractivity contribution < 1.29 is 0 Å². The molecular formula is C13H28N2. The van der Waals surface area contributed by atoms with Crippen molar-refractivity contribution in [2.24, 2.45) is 5.92 Å². The van der Waals surface area contributed by atoms with E-state index in [9.17, 15) is 0 Å². The Balaban J connectivity index is 2.04. The topological polar surface area (TPSA) is 15.3 Å². The van der Waals surface area contributed by atoms with Gasteiger partial charge < -0.3 is 10.2 Å². The predicted octanol–water partition coefficient (Wildman–Crippen LogP) is 2.50. The van der Waals surface area contributed by atoms with E-state index >= 15 is 0 Å². The molecule has 0 amide bonds. The maximum Gasteiger partial charge on any atom is 0.00619 e. The number of nitrogens with one attached hydrogen (secondary N) is 1. The molecule has 0 radical (unpaired) electrons. The monoisotopic (exact) mass is 212 g/mol. The van der Waals surface area contributed by atoms with Gasteiger partial charge in [-0.2, -0.15) is 0 Å². The van der Waals surface area contributed by atoms with Crippen LogP contribution in [0.1, 0.15) is 46.0 Å². The smallest absolute Gasteiger partial charge is 0.00619 e. The summed E-state index contributed by atoms with van der Waals surface area (Å²) in [4.78, 5) is 2.63. The van der Waals surface area contributed by atoms with Crippen LogP contribution in [0.15, 0.2) is 0 Å². The first-order valence-electron chi connectivity index (χ1n) is 6.69. The Labute approximate surface area is 95.4 Å². The standard InChI is InChI=1S/C13H28N2/c1-4-13(14-3)7-6-10-15(5-2)11-12-8-9-12/h12-14H,4-11H2,1-3H3. The third-order valence-corrected chi connectivity index (χ3v) is 3.59. The Bertz CT molecular complexity index is 151. The minimum absolute atomic E-state index is 0.727. The summed E-state index contributed by atoms with van der Waals surface area (Å²) in [5.41, 5.74) is 0. The summed E-state index contributed by atoms with van der Waals surface area (Å²) >= 11 is 0. The molecule has 2 heteroatoms. The zero-order chi connectivity index (χ0) is 11.1. The van der Waals surface area contributed by atoms with Crippen LogP contribution in [0.2, 0.25) is 0 Å². The van der Waals surface area contributed by atoms with Crippen LogP contribution in [0, 0.1) is 5.92 Å². The molecule has 1 N–H and O–H groups in total. The van der Waals surface area contributed by atoms with E-state index in [0.717, 1.165) is 12.0 Å². The average molecular weight is 212 g/mol. The Morgan fingerprint density at radius 2 is 2.07 bits per heavy atom. The first-order valence-corrected chi connectivity index (χ1v) is 6.69. The van der Waals surface area contributed by atoms with Gasteiger partial charge in [0, 0.05) is 12.6 Å². The molecular weight excluding hydrogens is 184 g/mol. The molecule has 0 aromatic rings. The Morgan fingerprint density at radius 1 is 1.33 bits per heavy atom. The molecule has 1 aliphatic carbocycles. The fourth-order valence-electron chi connectivity index (χ4n) is 2.16. The normalized spacial score (nSPS) is 18.4. The predicted molar refractivity (Wildman–Crippen MR) is 67.2 cm³/mol. The van der Waals surface area contributed by atoms with E-state index < -0.39 is 0 Å². The van der Waals surface area contributed by atoms with E-state index in [1.165, 1.54) is 51.7 Å². The summed E-state index contributed by atoms with van der Waals surface area (Å²) < 4.78 is 0. The summed E-state index contributed by atoms with van der Waals surface area (Å²) in [5, 5.41) is 3.38. The molecule has 1 atom stereocenters. The lowest BCUT2D eigenvalue weighted by Gasteiger charge is -2.21. The van der Waals surface area contributed by atoms with Crippen LogP contribution in [0.4, 0.5) is 0 Å². The van der Waals surface area contributed by atoms with Gasteiger partial charge in [-0.15, -0.1) is 0 Å². The lowest BCUT2D eigenvalue weighted by atomic mass is 10.1.